The maximum atomic E-state index is 12.7. The molecule has 0 saturated carbocycles. The average Bonchev–Trinajstić information content (AvgIpc) is 3.23. The molecule has 0 bridgehead atoms. The minimum atomic E-state index is -4.50. The van der Waals surface area contributed by atoms with Crippen molar-refractivity contribution >= 4 is 5.65 Å². The molecule has 0 radical (unpaired) electrons. The second kappa shape index (κ2) is 4.91. The van der Waals surface area contributed by atoms with E-state index in [2.05, 4.69) is 25.1 Å². The van der Waals surface area contributed by atoms with E-state index in [1.165, 1.54) is 23.0 Å². The quantitative estimate of drug-likeness (QED) is 0.609. The van der Waals surface area contributed by atoms with Crippen LogP contribution in [0.15, 0.2) is 35.4 Å². The van der Waals surface area contributed by atoms with Crippen molar-refractivity contribution in [2.75, 3.05) is 0 Å². The Hall–Kier alpha value is -3.17. The van der Waals surface area contributed by atoms with Gasteiger partial charge < -0.3 is 13.9 Å². The van der Waals surface area contributed by atoms with Crippen molar-refractivity contribution in [3.05, 3.63) is 42.2 Å². The number of halogens is 3. The fourth-order valence-corrected chi connectivity index (χ4v) is 2.27. The lowest BCUT2D eigenvalue weighted by atomic mass is 10.2. The van der Waals surface area contributed by atoms with Crippen LogP contribution in [0.25, 0.3) is 28.6 Å². The zero-order valence-corrected chi connectivity index (χ0v) is 12.2. The number of fused-ring (bicyclic) bond motifs is 1. The maximum absolute atomic E-state index is 12.7. The number of aromatic nitrogens is 6. The molecule has 7 nitrogen and oxygen atoms in total. The van der Waals surface area contributed by atoms with Crippen molar-refractivity contribution in [1.29, 1.82) is 0 Å². The van der Waals surface area contributed by atoms with Gasteiger partial charge in [0.25, 0.3) is 5.89 Å². The molecule has 0 unspecified atom stereocenters. The molecule has 0 spiro atoms. The van der Waals surface area contributed by atoms with Gasteiger partial charge in [0.1, 0.15) is 11.3 Å². The number of alkyl halides is 3. The molecule has 4 aromatic heterocycles. The van der Waals surface area contributed by atoms with Crippen LogP contribution in [0, 0.1) is 6.92 Å². The highest BCUT2D eigenvalue weighted by Gasteiger charge is 2.33. The van der Waals surface area contributed by atoms with Gasteiger partial charge in [0.2, 0.25) is 5.82 Å². The summed E-state index contributed by atoms with van der Waals surface area (Å²) in [5, 5.41) is 3.84. The van der Waals surface area contributed by atoms with Gasteiger partial charge in [-0.2, -0.15) is 18.2 Å². The number of H-pyrrole nitrogens is 1. The van der Waals surface area contributed by atoms with Crippen LogP contribution < -0.4 is 0 Å². The summed E-state index contributed by atoms with van der Waals surface area (Å²) in [6, 6.07) is 3.02. The average molecular weight is 334 g/mol. The lowest BCUT2D eigenvalue weighted by molar-refractivity contribution is -0.140. The minimum absolute atomic E-state index is 0.135. The molecular weight excluding hydrogens is 325 g/mol. The highest BCUT2D eigenvalue weighted by Crippen LogP contribution is 2.29. The van der Waals surface area contributed by atoms with Crippen molar-refractivity contribution in [2.24, 2.45) is 0 Å². The first-order valence-corrected chi connectivity index (χ1v) is 6.82. The fraction of sp³-hybridized carbons (Fsp3) is 0.143. The summed E-state index contributed by atoms with van der Waals surface area (Å²) in [6.07, 6.45) is -0.612. The smallest absolute Gasteiger partial charge is 0.348 e. The standard InChI is InChI=1S/C14H9F3N6O/c1-7-11(19-6-18-7)12-21-13(24-22-12)8-2-3-23-5-9(14(15,16)17)20-10(23)4-8/h2-6H,1H3,(H,18,19). The number of aromatic amines is 1. The molecule has 0 amide bonds. The third-order valence-corrected chi connectivity index (χ3v) is 3.47. The van der Waals surface area contributed by atoms with E-state index in [1.807, 2.05) is 6.92 Å². The number of pyridine rings is 1. The molecule has 4 rings (SSSR count). The van der Waals surface area contributed by atoms with E-state index in [1.54, 1.807) is 6.07 Å². The Labute approximate surface area is 132 Å². The molecule has 0 aliphatic heterocycles. The Kier molecular flexibility index (Phi) is 2.95. The number of imidazole rings is 2. The SMILES string of the molecule is Cc1[nH]cnc1-c1noc(-c2ccn3cc(C(F)(F)F)nc3c2)n1. The zero-order chi connectivity index (χ0) is 16.9. The number of nitrogens with one attached hydrogen (secondary N) is 1. The van der Waals surface area contributed by atoms with Crippen LogP contribution in [0.1, 0.15) is 11.4 Å². The second-order valence-corrected chi connectivity index (χ2v) is 5.10. The molecule has 0 atom stereocenters. The summed E-state index contributed by atoms with van der Waals surface area (Å²) < 4.78 is 44.6. The Balaban J connectivity index is 1.74. The van der Waals surface area contributed by atoms with Gasteiger partial charge in [0.05, 0.1) is 6.33 Å². The zero-order valence-electron chi connectivity index (χ0n) is 12.2. The summed E-state index contributed by atoms with van der Waals surface area (Å²) in [7, 11) is 0. The summed E-state index contributed by atoms with van der Waals surface area (Å²) in [4.78, 5) is 14.8. The topological polar surface area (TPSA) is 84.9 Å². The summed E-state index contributed by atoms with van der Waals surface area (Å²) in [5.41, 5.74) is 0.967. The van der Waals surface area contributed by atoms with E-state index >= 15 is 0 Å². The monoisotopic (exact) mass is 334 g/mol. The molecule has 122 valence electrons. The summed E-state index contributed by atoms with van der Waals surface area (Å²) in [5.74, 6) is 0.467. The van der Waals surface area contributed by atoms with E-state index in [9.17, 15) is 13.2 Å². The third-order valence-electron chi connectivity index (χ3n) is 3.47. The molecule has 24 heavy (non-hydrogen) atoms. The Morgan fingerprint density at radius 2 is 2.08 bits per heavy atom. The summed E-state index contributed by atoms with van der Waals surface area (Å²) in [6.45, 7) is 1.81. The van der Waals surface area contributed by atoms with Crippen LogP contribution in [-0.4, -0.2) is 29.5 Å². The van der Waals surface area contributed by atoms with Crippen LogP contribution in [0.2, 0.25) is 0 Å². The van der Waals surface area contributed by atoms with Gasteiger partial charge in [-0.25, -0.2) is 9.97 Å². The number of nitrogens with zero attached hydrogens (tertiary/aromatic N) is 5. The molecule has 0 fully saturated rings. The van der Waals surface area contributed by atoms with E-state index in [-0.39, 0.29) is 11.5 Å². The number of aryl methyl sites for hydroxylation is 1. The number of rotatable bonds is 2. The van der Waals surface area contributed by atoms with E-state index < -0.39 is 11.9 Å². The lowest BCUT2D eigenvalue weighted by Crippen LogP contribution is -2.04. The van der Waals surface area contributed by atoms with Crippen LogP contribution in [0.3, 0.4) is 0 Å². The van der Waals surface area contributed by atoms with Gasteiger partial charge in [-0.1, -0.05) is 5.16 Å². The van der Waals surface area contributed by atoms with Gasteiger partial charge in [0, 0.05) is 23.7 Å². The first-order chi connectivity index (χ1) is 11.4. The minimum Gasteiger partial charge on any atom is -0.348 e. The molecule has 4 heterocycles. The largest absolute Gasteiger partial charge is 0.434 e. The highest BCUT2D eigenvalue weighted by molar-refractivity contribution is 5.62. The van der Waals surface area contributed by atoms with Crippen LogP contribution in [0.4, 0.5) is 13.2 Å². The predicted molar refractivity (Wildman–Crippen MR) is 75.8 cm³/mol. The Morgan fingerprint density at radius 3 is 2.79 bits per heavy atom. The van der Waals surface area contributed by atoms with E-state index in [0.29, 0.717) is 17.1 Å². The van der Waals surface area contributed by atoms with E-state index in [0.717, 1.165) is 11.9 Å². The van der Waals surface area contributed by atoms with Crippen molar-refractivity contribution < 1.29 is 17.7 Å². The van der Waals surface area contributed by atoms with E-state index in [4.69, 9.17) is 4.52 Å². The van der Waals surface area contributed by atoms with Gasteiger partial charge in [-0.15, -0.1) is 0 Å². The van der Waals surface area contributed by atoms with Gasteiger partial charge in [-0.05, 0) is 19.1 Å². The molecule has 0 aliphatic rings. The first kappa shape index (κ1) is 14.4. The van der Waals surface area contributed by atoms with Crippen molar-refractivity contribution in [3.8, 4) is 23.0 Å². The van der Waals surface area contributed by atoms with Gasteiger partial charge >= 0.3 is 6.18 Å². The Morgan fingerprint density at radius 1 is 1.25 bits per heavy atom. The normalized spacial score (nSPS) is 12.2. The molecule has 4 aromatic rings. The lowest BCUT2D eigenvalue weighted by Gasteiger charge is -1.98. The van der Waals surface area contributed by atoms with Crippen molar-refractivity contribution in [1.82, 2.24) is 29.5 Å². The second-order valence-electron chi connectivity index (χ2n) is 5.10. The number of hydrogen-bond donors (Lipinski definition) is 1. The van der Waals surface area contributed by atoms with Crippen LogP contribution in [-0.2, 0) is 6.18 Å². The summed E-state index contributed by atoms with van der Waals surface area (Å²) >= 11 is 0. The Bertz CT molecular complexity index is 1030. The highest BCUT2D eigenvalue weighted by atomic mass is 19.4. The van der Waals surface area contributed by atoms with Gasteiger partial charge in [-0.3, -0.25) is 0 Å². The molecule has 10 heteroatoms. The molecule has 0 saturated heterocycles. The van der Waals surface area contributed by atoms with Crippen LogP contribution >= 0.6 is 0 Å². The predicted octanol–water partition coefficient (Wildman–Crippen LogP) is 3.10. The molecular formula is C14H9F3N6O. The molecule has 1 N–H and O–H groups in total. The van der Waals surface area contributed by atoms with Crippen molar-refractivity contribution in [3.63, 3.8) is 0 Å². The third kappa shape index (κ3) is 2.32. The first-order valence-electron chi connectivity index (χ1n) is 6.82. The van der Waals surface area contributed by atoms with Crippen molar-refractivity contribution in [2.45, 2.75) is 13.1 Å². The van der Waals surface area contributed by atoms with Crippen LogP contribution in [0.5, 0.6) is 0 Å². The molecule has 0 aliphatic carbocycles. The number of hydrogen-bond acceptors (Lipinski definition) is 5. The maximum Gasteiger partial charge on any atom is 0.434 e. The van der Waals surface area contributed by atoms with Gasteiger partial charge in [0.15, 0.2) is 5.69 Å². The molecule has 0 aromatic carbocycles. The fourth-order valence-electron chi connectivity index (χ4n) is 2.27.